The number of nitrogens with zero attached hydrogens (tertiary/aromatic N) is 4. The highest BCUT2D eigenvalue weighted by Gasteiger charge is 2.26. The van der Waals surface area contributed by atoms with Crippen LogP contribution in [0.1, 0.15) is 37.8 Å². The van der Waals surface area contributed by atoms with Crippen LogP contribution in [0.15, 0.2) is 109 Å². The van der Waals surface area contributed by atoms with Crippen molar-refractivity contribution in [2.45, 2.75) is 45.8 Å². The summed E-state index contributed by atoms with van der Waals surface area (Å²) in [6.07, 6.45) is 6.02. The van der Waals surface area contributed by atoms with Crippen LogP contribution in [0, 0.1) is 0 Å². The highest BCUT2D eigenvalue weighted by Crippen LogP contribution is 2.30. The Hall–Kier alpha value is -4.88. The second-order valence-corrected chi connectivity index (χ2v) is 11.8. The van der Waals surface area contributed by atoms with Crippen molar-refractivity contribution in [2.24, 2.45) is 0 Å². The molecule has 242 valence electrons. The van der Waals surface area contributed by atoms with E-state index in [4.69, 9.17) is 19.2 Å². The number of aromatic nitrogens is 2. The van der Waals surface area contributed by atoms with E-state index in [1.165, 1.54) is 16.8 Å². The molecule has 3 heterocycles. The van der Waals surface area contributed by atoms with Gasteiger partial charge in [-0.2, -0.15) is 0 Å². The van der Waals surface area contributed by atoms with Gasteiger partial charge in [0.15, 0.2) is 0 Å². The summed E-state index contributed by atoms with van der Waals surface area (Å²) in [7, 11) is 1.71. The van der Waals surface area contributed by atoms with Gasteiger partial charge in [0.05, 0.1) is 31.7 Å². The minimum atomic E-state index is 0.415. The smallest absolute Gasteiger partial charge is 0.119 e. The Balaban J connectivity index is 1.14. The molecule has 7 heteroatoms. The molecule has 0 spiro atoms. The highest BCUT2D eigenvalue weighted by atomic mass is 16.5. The number of pyridine rings is 2. The van der Waals surface area contributed by atoms with Crippen molar-refractivity contribution in [3.63, 3.8) is 0 Å². The van der Waals surface area contributed by atoms with Gasteiger partial charge in [0.2, 0.25) is 0 Å². The molecular weight excluding hydrogens is 584 g/mol. The summed E-state index contributed by atoms with van der Waals surface area (Å²) in [6, 6.07) is 34.0. The van der Waals surface area contributed by atoms with Gasteiger partial charge in [-0.15, -0.1) is 0 Å². The Morgan fingerprint density at radius 1 is 0.660 bits per heavy atom. The fourth-order valence-electron chi connectivity index (χ4n) is 6.29. The van der Waals surface area contributed by atoms with Crippen LogP contribution < -0.4 is 19.1 Å². The molecule has 2 aromatic heterocycles. The third-order valence-corrected chi connectivity index (χ3v) is 8.73. The van der Waals surface area contributed by atoms with Gasteiger partial charge in [-0.05, 0) is 135 Å². The zero-order valence-corrected chi connectivity index (χ0v) is 27.6. The molecule has 1 aliphatic rings. The maximum Gasteiger partial charge on any atom is 0.119 e. The van der Waals surface area contributed by atoms with E-state index in [9.17, 15) is 0 Å². The van der Waals surface area contributed by atoms with Crippen LogP contribution in [-0.4, -0.2) is 54.3 Å². The SMILES string of the molecule is CCOc1ccc(-c2cc(CN3CCC(N(Cc4ccnc(-c5ccc(OCC)cc5)c4)c4ccc(OC)cc4)CC3)ccn2)cc1. The quantitative estimate of drug-likeness (QED) is 0.130. The number of hydrogen-bond acceptors (Lipinski definition) is 7. The van der Waals surface area contributed by atoms with Crippen LogP contribution in [0.4, 0.5) is 5.69 Å². The summed E-state index contributed by atoms with van der Waals surface area (Å²) in [5.41, 5.74) is 7.88. The standard InChI is InChI=1S/C40H44N4O3/c1-4-46-37-12-6-32(7-13-37)39-26-30(18-22-41-39)28-43-24-20-35(21-25-43)44(34-10-16-36(45-3)17-11-34)29-31-19-23-42-40(27-31)33-8-14-38(15-9-33)47-5-2/h6-19,22-23,26-27,35H,4-5,20-21,24-25,28-29H2,1-3H3. The second-order valence-electron chi connectivity index (χ2n) is 11.8. The molecule has 1 fully saturated rings. The van der Waals surface area contributed by atoms with Gasteiger partial charge in [-0.25, -0.2) is 0 Å². The first-order chi connectivity index (χ1) is 23.1. The predicted octanol–water partition coefficient (Wildman–Crippen LogP) is 8.29. The Labute approximate surface area is 278 Å². The van der Waals surface area contributed by atoms with Gasteiger partial charge in [0, 0.05) is 61.4 Å². The van der Waals surface area contributed by atoms with Crippen LogP contribution in [0.25, 0.3) is 22.5 Å². The maximum absolute atomic E-state index is 5.63. The van der Waals surface area contributed by atoms with Crippen molar-refractivity contribution in [1.82, 2.24) is 14.9 Å². The Morgan fingerprint density at radius 3 is 1.70 bits per heavy atom. The molecule has 6 rings (SSSR count). The van der Waals surface area contributed by atoms with Crippen LogP contribution >= 0.6 is 0 Å². The molecule has 0 aliphatic carbocycles. The molecule has 1 aliphatic heterocycles. The lowest BCUT2D eigenvalue weighted by molar-refractivity contribution is 0.201. The molecule has 0 radical (unpaired) electrons. The number of likely N-dealkylation sites (tertiary alicyclic amines) is 1. The monoisotopic (exact) mass is 628 g/mol. The van der Waals surface area contributed by atoms with Crippen molar-refractivity contribution in [3.05, 3.63) is 121 Å². The molecule has 7 nitrogen and oxygen atoms in total. The van der Waals surface area contributed by atoms with E-state index < -0.39 is 0 Å². The van der Waals surface area contributed by atoms with E-state index in [2.05, 4.69) is 87.6 Å². The normalized spacial score (nSPS) is 13.7. The summed E-state index contributed by atoms with van der Waals surface area (Å²) in [6.45, 7) is 9.10. The van der Waals surface area contributed by atoms with Crippen molar-refractivity contribution in [3.8, 4) is 39.8 Å². The van der Waals surface area contributed by atoms with Gasteiger partial charge in [0.1, 0.15) is 17.2 Å². The molecule has 47 heavy (non-hydrogen) atoms. The number of ether oxygens (including phenoxy) is 3. The van der Waals surface area contributed by atoms with Crippen molar-refractivity contribution >= 4 is 5.69 Å². The zero-order chi connectivity index (χ0) is 32.4. The molecule has 0 bridgehead atoms. The van der Waals surface area contributed by atoms with Gasteiger partial charge in [-0.1, -0.05) is 0 Å². The summed E-state index contributed by atoms with van der Waals surface area (Å²) in [5, 5.41) is 0. The average molecular weight is 629 g/mol. The molecule has 0 saturated carbocycles. The minimum absolute atomic E-state index is 0.415. The van der Waals surface area contributed by atoms with Crippen LogP contribution in [-0.2, 0) is 13.1 Å². The zero-order valence-electron chi connectivity index (χ0n) is 27.6. The van der Waals surface area contributed by atoms with Gasteiger partial charge >= 0.3 is 0 Å². The Kier molecular flexibility index (Phi) is 10.7. The van der Waals surface area contributed by atoms with E-state index >= 15 is 0 Å². The highest BCUT2D eigenvalue weighted by molar-refractivity contribution is 5.62. The lowest BCUT2D eigenvalue weighted by Gasteiger charge is -2.40. The molecule has 0 N–H and O–H groups in total. The van der Waals surface area contributed by atoms with E-state index in [-0.39, 0.29) is 0 Å². The second kappa shape index (κ2) is 15.6. The Morgan fingerprint density at radius 2 is 1.17 bits per heavy atom. The number of methoxy groups -OCH3 is 1. The fraction of sp³-hybridized carbons (Fsp3) is 0.300. The average Bonchev–Trinajstić information content (AvgIpc) is 3.12. The lowest BCUT2D eigenvalue weighted by atomic mass is 10.00. The van der Waals surface area contributed by atoms with Gasteiger partial charge in [-0.3, -0.25) is 14.9 Å². The third-order valence-electron chi connectivity index (χ3n) is 8.73. The van der Waals surface area contributed by atoms with E-state index in [0.29, 0.717) is 19.3 Å². The summed E-state index contributed by atoms with van der Waals surface area (Å²) >= 11 is 0. The van der Waals surface area contributed by atoms with Crippen LogP contribution in [0.3, 0.4) is 0 Å². The first-order valence-corrected chi connectivity index (χ1v) is 16.6. The van der Waals surface area contributed by atoms with Gasteiger partial charge < -0.3 is 19.1 Å². The third kappa shape index (κ3) is 8.29. The molecular formula is C40H44N4O3. The van der Waals surface area contributed by atoms with Crippen molar-refractivity contribution in [1.29, 1.82) is 0 Å². The topological polar surface area (TPSA) is 60.0 Å². The number of hydrogen-bond donors (Lipinski definition) is 0. The van der Waals surface area contributed by atoms with Gasteiger partial charge in [0.25, 0.3) is 0 Å². The summed E-state index contributed by atoms with van der Waals surface area (Å²) in [5.74, 6) is 2.63. The van der Waals surface area contributed by atoms with Crippen LogP contribution in [0.5, 0.6) is 17.2 Å². The number of rotatable bonds is 13. The fourth-order valence-corrected chi connectivity index (χ4v) is 6.29. The molecule has 0 amide bonds. The maximum atomic E-state index is 5.63. The first-order valence-electron chi connectivity index (χ1n) is 16.6. The van der Waals surface area contributed by atoms with E-state index in [0.717, 1.165) is 78.8 Å². The molecule has 1 saturated heterocycles. The van der Waals surface area contributed by atoms with E-state index in [1.807, 2.05) is 50.5 Å². The summed E-state index contributed by atoms with van der Waals surface area (Å²) < 4.78 is 16.7. The Bertz CT molecular complexity index is 1700. The number of piperidine rings is 1. The van der Waals surface area contributed by atoms with Crippen molar-refractivity contribution in [2.75, 3.05) is 38.3 Å². The molecule has 0 unspecified atom stereocenters. The predicted molar refractivity (Wildman–Crippen MR) is 189 cm³/mol. The summed E-state index contributed by atoms with van der Waals surface area (Å²) in [4.78, 5) is 14.5. The van der Waals surface area contributed by atoms with E-state index in [1.54, 1.807) is 7.11 Å². The first kappa shape index (κ1) is 32.1. The van der Waals surface area contributed by atoms with Crippen molar-refractivity contribution < 1.29 is 14.2 Å². The lowest BCUT2D eigenvalue weighted by Crippen LogP contribution is -2.44. The largest absolute Gasteiger partial charge is 0.497 e. The molecule has 5 aromatic rings. The number of anilines is 1. The van der Waals surface area contributed by atoms with Crippen LogP contribution in [0.2, 0.25) is 0 Å². The molecule has 0 atom stereocenters. The number of benzene rings is 3. The molecule has 3 aromatic carbocycles. The minimum Gasteiger partial charge on any atom is -0.497 e.